The van der Waals surface area contributed by atoms with Crippen molar-refractivity contribution in [1.82, 2.24) is 9.88 Å². The molecule has 1 fully saturated rings. The molecule has 2 heterocycles. The average Bonchev–Trinajstić information content (AvgIpc) is 2.51. The van der Waals surface area contributed by atoms with Crippen molar-refractivity contribution in [2.24, 2.45) is 5.73 Å². The van der Waals surface area contributed by atoms with Crippen LogP contribution < -0.4 is 10.5 Å². The van der Waals surface area contributed by atoms with Gasteiger partial charge < -0.3 is 15.2 Å². The Morgan fingerprint density at radius 1 is 1.40 bits per heavy atom. The zero-order valence-electron chi connectivity index (χ0n) is 12.4. The highest BCUT2D eigenvalue weighted by Gasteiger charge is 2.25. The number of hydrogen-bond acceptors (Lipinski definition) is 5. The number of hydrogen-bond donors (Lipinski definition) is 1. The molecule has 1 aliphatic rings. The van der Waals surface area contributed by atoms with Crippen molar-refractivity contribution in [3.05, 3.63) is 23.9 Å². The molecule has 112 valence electrons. The van der Waals surface area contributed by atoms with Crippen LogP contribution in [0.5, 0.6) is 5.88 Å². The van der Waals surface area contributed by atoms with E-state index in [2.05, 4.69) is 22.9 Å². The molecule has 2 N–H and O–H groups in total. The second kappa shape index (κ2) is 7.57. The minimum Gasteiger partial charge on any atom is -0.481 e. The van der Waals surface area contributed by atoms with Crippen LogP contribution in [0.3, 0.4) is 0 Å². The molecule has 1 saturated heterocycles. The third-order valence-corrected chi connectivity index (χ3v) is 3.90. The Balaban J connectivity index is 1.97. The van der Waals surface area contributed by atoms with E-state index in [0.717, 1.165) is 38.1 Å². The van der Waals surface area contributed by atoms with Gasteiger partial charge >= 0.3 is 0 Å². The summed E-state index contributed by atoms with van der Waals surface area (Å²) in [5, 5.41) is 0. The smallest absolute Gasteiger partial charge is 0.212 e. The van der Waals surface area contributed by atoms with E-state index in [4.69, 9.17) is 15.2 Å². The van der Waals surface area contributed by atoms with Gasteiger partial charge in [-0.2, -0.15) is 0 Å². The van der Waals surface area contributed by atoms with Crippen molar-refractivity contribution >= 4 is 0 Å². The molecule has 20 heavy (non-hydrogen) atoms. The van der Waals surface area contributed by atoms with Gasteiger partial charge in [0.2, 0.25) is 5.88 Å². The first-order valence-electron chi connectivity index (χ1n) is 7.34. The molecule has 1 aromatic rings. The standard InChI is InChI=1S/C15H25N3O2/c1-3-20-13-6-8-18(9-7-13)14(10-16)12-4-5-15(19-2)17-11-12/h4-5,11,13-14H,3,6-10,16H2,1-2H3. The fraction of sp³-hybridized carbons (Fsp3) is 0.667. The van der Waals surface area contributed by atoms with E-state index in [9.17, 15) is 0 Å². The number of nitrogens with zero attached hydrogens (tertiary/aromatic N) is 2. The van der Waals surface area contributed by atoms with Crippen LogP contribution in [0.1, 0.15) is 31.4 Å². The summed E-state index contributed by atoms with van der Waals surface area (Å²) in [5.41, 5.74) is 7.12. The maximum atomic E-state index is 5.97. The van der Waals surface area contributed by atoms with Gasteiger partial charge in [-0.1, -0.05) is 6.07 Å². The van der Waals surface area contributed by atoms with Gasteiger partial charge in [0.15, 0.2) is 0 Å². The highest BCUT2D eigenvalue weighted by molar-refractivity contribution is 5.21. The third kappa shape index (κ3) is 3.69. The van der Waals surface area contributed by atoms with Crippen molar-refractivity contribution in [3.63, 3.8) is 0 Å². The van der Waals surface area contributed by atoms with Crippen LogP contribution in [0.15, 0.2) is 18.3 Å². The number of aromatic nitrogens is 1. The molecule has 0 amide bonds. The van der Waals surface area contributed by atoms with E-state index < -0.39 is 0 Å². The monoisotopic (exact) mass is 279 g/mol. The van der Waals surface area contributed by atoms with Crippen molar-refractivity contribution in [3.8, 4) is 5.88 Å². The normalized spacial score (nSPS) is 18.9. The summed E-state index contributed by atoms with van der Waals surface area (Å²) in [6.45, 7) is 5.51. The first kappa shape index (κ1) is 15.2. The van der Waals surface area contributed by atoms with E-state index in [0.29, 0.717) is 18.5 Å². The highest BCUT2D eigenvalue weighted by atomic mass is 16.5. The van der Waals surface area contributed by atoms with Gasteiger partial charge in [0.1, 0.15) is 0 Å². The molecule has 0 aliphatic carbocycles. The quantitative estimate of drug-likeness (QED) is 0.857. The molecule has 0 spiro atoms. The van der Waals surface area contributed by atoms with Crippen LogP contribution in [0, 0.1) is 0 Å². The van der Waals surface area contributed by atoms with Crippen LogP contribution >= 0.6 is 0 Å². The molecular weight excluding hydrogens is 254 g/mol. The Kier molecular flexibility index (Phi) is 5.76. The first-order valence-corrected chi connectivity index (χ1v) is 7.34. The molecule has 0 saturated carbocycles. The Morgan fingerprint density at radius 2 is 2.15 bits per heavy atom. The molecular formula is C15H25N3O2. The summed E-state index contributed by atoms with van der Waals surface area (Å²) in [6.07, 6.45) is 4.43. The van der Waals surface area contributed by atoms with Gasteiger partial charge in [-0.3, -0.25) is 4.90 Å². The van der Waals surface area contributed by atoms with Gasteiger partial charge in [-0.15, -0.1) is 0 Å². The Hall–Kier alpha value is -1.17. The molecule has 0 radical (unpaired) electrons. The predicted molar refractivity (Wildman–Crippen MR) is 78.8 cm³/mol. The lowest BCUT2D eigenvalue weighted by molar-refractivity contribution is 0.00448. The second-order valence-electron chi connectivity index (χ2n) is 5.08. The minimum absolute atomic E-state index is 0.232. The highest BCUT2D eigenvalue weighted by Crippen LogP contribution is 2.25. The Bertz CT molecular complexity index is 389. The number of piperidine rings is 1. The van der Waals surface area contributed by atoms with Crippen molar-refractivity contribution in [1.29, 1.82) is 0 Å². The molecule has 0 aromatic carbocycles. The van der Waals surface area contributed by atoms with Gasteiger partial charge in [-0.25, -0.2) is 4.98 Å². The zero-order chi connectivity index (χ0) is 14.4. The van der Waals surface area contributed by atoms with Crippen LogP contribution in [-0.4, -0.2) is 49.3 Å². The van der Waals surface area contributed by atoms with Crippen molar-refractivity contribution in [2.45, 2.75) is 31.9 Å². The SMILES string of the molecule is CCOC1CCN(C(CN)c2ccc(OC)nc2)CC1. The number of methoxy groups -OCH3 is 1. The predicted octanol–water partition coefficient (Wildman–Crippen LogP) is 1.59. The molecule has 5 heteroatoms. The maximum absolute atomic E-state index is 5.97. The van der Waals surface area contributed by atoms with E-state index >= 15 is 0 Å². The number of ether oxygens (including phenoxy) is 2. The molecule has 1 unspecified atom stereocenters. The topological polar surface area (TPSA) is 60.6 Å². The van der Waals surface area contributed by atoms with Crippen LogP contribution in [0.2, 0.25) is 0 Å². The lowest BCUT2D eigenvalue weighted by Gasteiger charge is -2.37. The van der Waals surface area contributed by atoms with Gasteiger partial charge in [0.25, 0.3) is 0 Å². The fourth-order valence-corrected chi connectivity index (χ4v) is 2.80. The van der Waals surface area contributed by atoms with Crippen molar-refractivity contribution < 1.29 is 9.47 Å². The van der Waals surface area contributed by atoms with E-state index in [1.807, 2.05) is 12.3 Å². The van der Waals surface area contributed by atoms with Gasteiger partial charge in [0, 0.05) is 44.5 Å². The lowest BCUT2D eigenvalue weighted by atomic mass is 10.0. The average molecular weight is 279 g/mol. The fourth-order valence-electron chi connectivity index (χ4n) is 2.80. The van der Waals surface area contributed by atoms with E-state index in [1.54, 1.807) is 7.11 Å². The summed E-state index contributed by atoms with van der Waals surface area (Å²) in [7, 11) is 1.63. The van der Waals surface area contributed by atoms with Crippen LogP contribution in [0.4, 0.5) is 0 Å². The van der Waals surface area contributed by atoms with Crippen LogP contribution in [0.25, 0.3) is 0 Å². The van der Waals surface area contributed by atoms with Crippen molar-refractivity contribution in [2.75, 3.05) is 33.4 Å². The zero-order valence-corrected chi connectivity index (χ0v) is 12.4. The number of likely N-dealkylation sites (tertiary alicyclic amines) is 1. The molecule has 1 atom stereocenters. The number of pyridine rings is 1. The minimum atomic E-state index is 0.232. The summed E-state index contributed by atoms with van der Waals surface area (Å²) in [5.74, 6) is 0.638. The Morgan fingerprint density at radius 3 is 2.65 bits per heavy atom. The van der Waals surface area contributed by atoms with E-state index in [1.165, 1.54) is 0 Å². The lowest BCUT2D eigenvalue weighted by Crippen LogP contribution is -2.41. The second-order valence-corrected chi connectivity index (χ2v) is 5.08. The Labute approximate surface area is 121 Å². The number of rotatable bonds is 6. The molecule has 0 bridgehead atoms. The maximum Gasteiger partial charge on any atom is 0.212 e. The summed E-state index contributed by atoms with van der Waals surface area (Å²) in [4.78, 5) is 6.71. The van der Waals surface area contributed by atoms with E-state index in [-0.39, 0.29) is 6.04 Å². The summed E-state index contributed by atoms with van der Waals surface area (Å²) >= 11 is 0. The molecule has 1 aromatic heterocycles. The van der Waals surface area contributed by atoms with Gasteiger partial charge in [0.05, 0.1) is 13.2 Å². The number of nitrogens with two attached hydrogens (primary N) is 1. The molecule has 5 nitrogen and oxygen atoms in total. The third-order valence-electron chi connectivity index (χ3n) is 3.90. The summed E-state index contributed by atoms with van der Waals surface area (Å²) < 4.78 is 10.8. The summed E-state index contributed by atoms with van der Waals surface area (Å²) in [6, 6.07) is 4.18. The largest absolute Gasteiger partial charge is 0.481 e. The first-order chi connectivity index (χ1) is 9.78. The van der Waals surface area contributed by atoms with Crippen LogP contribution in [-0.2, 0) is 4.74 Å². The van der Waals surface area contributed by atoms with Gasteiger partial charge in [-0.05, 0) is 25.3 Å². The molecule has 1 aliphatic heterocycles. The molecule has 2 rings (SSSR count).